The van der Waals surface area contributed by atoms with Gasteiger partial charge in [-0.15, -0.1) is 0 Å². The molecule has 0 aliphatic heterocycles. The average molecular weight is 175 g/mol. The largest absolute Gasteiger partial charge is 0.0943 e. The van der Waals surface area contributed by atoms with E-state index in [0.29, 0.717) is 0 Å². The Morgan fingerprint density at radius 1 is 1.17 bits per heavy atom. The van der Waals surface area contributed by atoms with E-state index in [1.807, 2.05) is 11.8 Å². The van der Waals surface area contributed by atoms with Crippen molar-refractivity contribution in [1.29, 1.82) is 0 Å². The quantitative estimate of drug-likeness (QED) is 0.661. The predicted molar refractivity (Wildman–Crippen MR) is 52.9 cm³/mol. The third-order valence-corrected chi connectivity index (χ3v) is 2.99. The zero-order chi connectivity index (χ0) is 8.23. The molecule has 2 rings (SSSR count). The molecule has 1 aromatic rings. The molecule has 0 fully saturated rings. The van der Waals surface area contributed by atoms with Crippen LogP contribution in [0.2, 0.25) is 0 Å². The van der Waals surface area contributed by atoms with Crippen molar-refractivity contribution in [2.75, 3.05) is 0 Å². The second-order valence-electron chi connectivity index (χ2n) is 2.87. The Labute approximate surface area is 77.7 Å². The van der Waals surface area contributed by atoms with Gasteiger partial charge >= 0.3 is 0 Å². The van der Waals surface area contributed by atoms with E-state index >= 15 is 0 Å². The molecule has 1 heteroatoms. The van der Waals surface area contributed by atoms with E-state index in [4.69, 9.17) is 0 Å². The number of benzene rings is 1. The molecule has 0 saturated heterocycles. The monoisotopic (exact) mass is 175 g/mol. The normalized spacial score (nSPS) is 16.2. The molecule has 1 aliphatic rings. The number of thioether (sulfide) groups is 1. The third-order valence-electron chi connectivity index (χ3n) is 1.89. The van der Waals surface area contributed by atoms with Gasteiger partial charge in [0.1, 0.15) is 0 Å². The topological polar surface area (TPSA) is 0 Å². The summed E-state index contributed by atoms with van der Waals surface area (Å²) in [4.78, 5) is 2.75. The summed E-state index contributed by atoms with van der Waals surface area (Å²) >= 11 is 1.86. The maximum absolute atomic E-state index is 3.38. The lowest BCUT2D eigenvalue weighted by Crippen LogP contribution is -1.71. The van der Waals surface area contributed by atoms with Gasteiger partial charge in [-0.2, -0.15) is 0 Å². The number of hydrogen-bond donors (Lipinski definition) is 0. The average Bonchev–Trinajstić information content (AvgIpc) is 2.59. The van der Waals surface area contributed by atoms with E-state index < -0.39 is 0 Å². The van der Waals surface area contributed by atoms with Crippen molar-refractivity contribution in [1.82, 2.24) is 0 Å². The minimum absolute atomic E-state index is 1.15. The molecular weight excluding hydrogens is 164 g/mol. The van der Waals surface area contributed by atoms with Gasteiger partial charge in [0.25, 0.3) is 0 Å². The summed E-state index contributed by atoms with van der Waals surface area (Å²) in [5, 5.41) is 0. The molecule has 0 heterocycles. The van der Waals surface area contributed by atoms with Crippen LogP contribution >= 0.6 is 11.8 Å². The van der Waals surface area contributed by atoms with Crippen LogP contribution in [0, 0.1) is 6.08 Å². The van der Waals surface area contributed by atoms with Gasteiger partial charge in [-0.05, 0) is 42.4 Å². The van der Waals surface area contributed by atoms with E-state index in [1.165, 1.54) is 22.6 Å². The third kappa shape index (κ3) is 1.92. The van der Waals surface area contributed by atoms with Gasteiger partial charge in [-0.1, -0.05) is 30.0 Å². The summed E-state index contributed by atoms with van der Waals surface area (Å²) in [6, 6.07) is 10.5. The van der Waals surface area contributed by atoms with Gasteiger partial charge in [-0.3, -0.25) is 0 Å². The molecule has 0 nitrogen and oxygen atoms in total. The Morgan fingerprint density at radius 2 is 2.00 bits per heavy atom. The molecule has 0 unspecified atom stereocenters. The van der Waals surface area contributed by atoms with E-state index in [9.17, 15) is 0 Å². The zero-order valence-corrected chi connectivity index (χ0v) is 7.73. The molecule has 1 radical (unpaired) electrons. The van der Waals surface area contributed by atoms with Gasteiger partial charge in [0.2, 0.25) is 0 Å². The molecule has 0 spiro atoms. The highest BCUT2D eigenvalue weighted by Gasteiger charge is 2.05. The molecule has 0 aromatic heterocycles. The van der Waals surface area contributed by atoms with Gasteiger partial charge < -0.3 is 0 Å². The lowest BCUT2D eigenvalue weighted by molar-refractivity contribution is 0.918. The van der Waals surface area contributed by atoms with Gasteiger partial charge in [0, 0.05) is 4.90 Å². The number of hydrogen-bond acceptors (Lipinski definition) is 1. The highest BCUT2D eigenvalue weighted by atomic mass is 32.2. The number of allylic oxidation sites excluding steroid dienone is 2. The first-order valence-corrected chi connectivity index (χ1v) is 5.09. The van der Waals surface area contributed by atoms with Crippen LogP contribution in [-0.2, 0) is 0 Å². The van der Waals surface area contributed by atoms with Crippen LogP contribution < -0.4 is 0 Å². The van der Waals surface area contributed by atoms with Crippen molar-refractivity contribution in [3.63, 3.8) is 0 Å². The highest BCUT2D eigenvalue weighted by molar-refractivity contribution is 8.03. The minimum atomic E-state index is 1.15. The molecule has 0 atom stereocenters. The molecule has 0 bridgehead atoms. The summed E-state index contributed by atoms with van der Waals surface area (Å²) < 4.78 is 0. The molecular formula is C11H11S. The molecule has 0 N–H and O–H groups in total. The fourth-order valence-electron chi connectivity index (χ4n) is 1.28. The summed E-state index contributed by atoms with van der Waals surface area (Å²) in [6.07, 6.45) is 7.04. The smallest absolute Gasteiger partial charge is 0.0119 e. The van der Waals surface area contributed by atoms with Crippen LogP contribution in [0.15, 0.2) is 40.1 Å². The summed E-state index contributed by atoms with van der Waals surface area (Å²) in [5.74, 6) is 0. The minimum Gasteiger partial charge on any atom is -0.0943 e. The van der Waals surface area contributed by atoms with Crippen LogP contribution in [-0.4, -0.2) is 0 Å². The van der Waals surface area contributed by atoms with Crippen LogP contribution in [0.5, 0.6) is 0 Å². The Hall–Kier alpha value is -0.690. The van der Waals surface area contributed by atoms with Crippen LogP contribution in [0.1, 0.15) is 19.3 Å². The lowest BCUT2D eigenvalue weighted by Gasteiger charge is -1.99. The van der Waals surface area contributed by atoms with Crippen molar-refractivity contribution in [3.8, 4) is 0 Å². The Bertz CT molecular complexity index is 274. The van der Waals surface area contributed by atoms with E-state index in [-0.39, 0.29) is 0 Å². The van der Waals surface area contributed by atoms with Crippen molar-refractivity contribution in [2.24, 2.45) is 0 Å². The number of rotatable bonds is 2. The van der Waals surface area contributed by atoms with Gasteiger partial charge in [0.05, 0.1) is 0 Å². The lowest BCUT2D eigenvalue weighted by atomic mass is 10.4. The van der Waals surface area contributed by atoms with Gasteiger partial charge in [0.15, 0.2) is 0 Å². The van der Waals surface area contributed by atoms with E-state index in [1.54, 1.807) is 0 Å². The molecule has 61 valence electrons. The molecule has 0 amide bonds. The molecule has 1 aliphatic carbocycles. The summed E-state index contributed by atoms with van der Waals surface area (Å²) in [6.45, 7) is 0. The van der Waals surface area contributed by atoms with Crippen LogP contribution in [0.4, 0.5) is 0 Å². The van der Waals surface area contributed by atoms with Crippen molar-refractivity contribution in [2.45, 2.75) is 24.2 Å². The Kier molecular flexibility index (Phi) is 2.52. The van der Waals surface area contributed by atoms with E-state index in [0.717, 1.165) is 6.42 Å². The maximum atomic E-state index is 3.38. The molecule has 1 aromatic carbocycles. The maximum Gasteiger partial charge on any atom is 0.0119 e. The second kappa shape index (κ2) is 3.81. The van der Waals surface area contributed by atoms with Crippen molar-refractivity contribution >= 4 is 11.8 Å². The fraction of sp³-hybridized carbons (Fsp3) is 0.273. The first kappa shape index (κ1) is 7.93. The van der Waals surface area contributed by atoms with E-state index in [2.05, 4.69) is 36.4 Å². The second-order valence-corrected chi connectivity index (χ2v) is 4.04. The first-order valence-electron chi connectivity index (χ1n) is 4.28. The van der Waals surface area contributed by atoms with Crippen LogP contribution in [0.25, 0.3) is 0 Å². The predicted octanol–water partition coefficient (Wildman–Crippen LogP) is 3.65. The SMILES string of the molecule is [C]1=C(Sc2ccccc2)CCC1. The summed E-state index contributed by atoms with van der Waals surface area (Å²) in [5.41, 5.74) is 0. The van der Waals surface area contributed by atoms with Crippen molar-refractivity contribution in [3.05, 3.63) is 41.3 Å². The van der Waals surface area contributed by atoms with Crippen molar-refractivity contribution < 1.29 is 0 Å². The summed E-state index contributed by atoms with van der Waals surface area (Å²) in [7, 11) is 0. The Morgan fingerprint density at radius 3 is 2.67 bits per heavy atom. The van der Waals surface area contributed by atoms with Gasteiger partial charge in [-0.25, -0.2) is 0 Å². The Balaban J connectivity index is 2.04. The fourth-order valence-corrected chi connectivity index (χ4v) is 2.28. The standard InChI is InChI=1S/C11H11S/c1-2-6-10(7-3-1)12-11-8-4-5-9-11/h1-3,6-7H,4-5,8H2. The zero-order valence-electron chi connectivity index (χ0n) is 6.92. The molecule has 0 saturated carbocycles. The van der Waals surface area contributed by atoms with Crippen LogP contribution in [0.3, 0.4) is 0 Å². The highest BCUT2D eigenvalue weighted by Crippen LogP contribution is 2.33. The first-order chi connectivity index (χ1) is 5.95. The molecule has 12 heavy (non-hydrogen) atoms.